The Morgan fingerprint density at radius 1 is 1.10 bits per heavy atom. The van der Waals surface area contributed by atoms with Crippen LogP contribution in [0.2, 0.25) is 0 Å². The van der Waals surface area contributed by atoms with E-state index in [0.717, 1.165) is 17.3 Å². The molecule has 0 bridgehead atoms. The monoisotopic (exact) mass is 432 g/mol. The number of aromatic nitrogens is 2. The number of amides is 1. The average Bonchev–Trinajstić information content (AvgIpc) is 3.16. The van der Waals surface area contributed by atoms with E-state index in [2.05, 4.69) is 18.8 Å². The van der Waals surface area contributed by atoms with Gasteiger partial charge in [-0.1, -0.05) is 49.7 Å². The highest BCUT2D eigenvalue weighted by Gasteiger charge is 2.29. The van der Waals surface area contributed by atoms with Crippen LogP contribution in [0.5, 0.6) is 0 Å². The quantitative estimate of drug-likeness (QED) is 0.570. The number of nitrogens with one attached hydrogen (secondary N) is 2. The predicted octanol–water partition coefficient (Wildman–Crippen LogP) is 2.66. The van der Waals surface area contributed by atoms with Crippen molar-refractivity contribution in [1.82, 2.24) is 18.8 Å². The van der Waals surface area contributed by atoms with E-state index in [0.29, 0.717) is 24.0 Å². The number of fused-ring (bicyclic) bond motifs is 1. The second-order valence-electron chi connectivity index (χ2n) is 7.26. The molecule has 9 heteroatoms. The van der Waals surface area contributed by atoms with Crippen LogP contribution in [0.3, 0.4) is 0 Å². The van der Waals surface area contributed by atoms with Crippen LogP contribution in [-0.4, -0.2) is 35.7 Å². The summed E-state index contributed by atoms with van der Waals surface area (Å²) in [6.07, 6.45) is 0.674. The van der Waals surface area contributed by atoms with Crippen molar-refractivity contribution in [3.63, 3.8) is 0 Å². The van der Waals surface area contributed by atoms with E-state index in [1.165, 1.54) is 11.6 Å². The Morgan fingerprint density at radius 3 is 2.52 bits per heavy atom. The molecule has 0 spiro atoms. The molecular formula is C20H24N4O3S2. The first kappa shape index (κ1) is 21.4. The summed E-state index contributed by atoms with van der Waals surface area (Å²) in [7, 11) is -3.93. The lowest BCUT2D eigenvalue weighted by atomic mass is 10.0. The number of aryl methyl sites for hydroxylation is 1. The van der Waals surface area contributed by atoms with Crippen molar-refractivity contribution in [2.45, 2.75) is 38.1 Å². The van der Waals surface area contributed by atoms with E-state index in [-0.39, 0.29) is 16.7 Å². The molecule has 0 radical (unpaired) electrons. The van der Waals surface area contributed by atoms with Gasteiger partial charge in [0.25, 0.3) is 0 Å². The number of carbonyl (C=O) groups is 1. The normalized spacial score (nSPS) is 13.0. The molecule has 0 saturated carbocycles. The first-order valence-corrected chi connectivity index (χ1v) is 11.6. The third-order valence-electron chi connectivity index (χ3n) is 4.60. The average molecular weight is 433 g/mol. The number of hydrogen-bond acceptors (Lipinski definition) is 6. The van der Waals surface area contributed by atoms with Crippen LogP contribution in [0, 0.1) is 12.8 Å². The highest BCUT2D eigenvalue weighted by Crippen LogP contribution is 2.21. The lowest BCUT2D eigenvalue weighted by Crippen LogP contribution is -2.50. The lowest BCUT2D eigenvalue weighted by molar-refractivity contribution is -0.123. The first-order valence-electron chi connectivity index (χ1n) is 9.35. The van der Waals surface area contributed by atoms with Crippen LogP contribution in [0.1, 0.15) is 25.0 Å². The summed E-state index contributed by atoms with van der Waals surface area (Å²) < 4.78 is 36.6. The molecule has 0 fully saturated rings. The maximum Gasteiger partial charge on any atom is 0.243 e. The molecule has 0 saturated heterocycles. The number of carbonyl (C=O) groups excluding carboxylic acids is 1. The van der Waals surface area contributed by atoms with Gasteiger partial charge < -0.3 is 5.32 Å². The van der Waals surface area contributed by atoms with Crippen LogP contribution in [0.4, 0.5) is 0 Å². The van der Waals surface area contributed by atoms with Crippen molar-refractivity contribution < 1.29 is 13.2 Å². The number of benzene rings is 2. The Morgan fingerprint density at radius 2 is 1.83 bits per heavy atom. The number of hydrogen-bond donors (Lipinski definition) is 2. The van der Waals surface area contributed by atoms with Gasteiger partial charge >= 0.3 is 0 Å². The molecule has 0 unspecified atom stereocenters. The van der Waals surface area contributed by atoms with E-state index in [4.69, 9.17) is 0 Å². The standard InChI is InChI=1S/C20H24N4O3S2/c1-13(2)18(20(25)21-12-11-15-9-7-14(3)8-10-15)24-29(26,27)17-6-4-5-16-19(17)23-28-22-16/h4-10,13,18,24H,11-12H2,1-3H3,(H,21,25)/t18-/m1/s1. The summed E-state index contributed by atoms with van der Waals surface area (Å²) in [4.78, 5) is 12.7. The van der Waals surface area contributed by atoms with Gasteiger partial charge in [-0.25, -0.2) is 8.42 Å². The summed E-state index contributed by atoms with van der Waals surface area (Å²) in [6, 6.07) is 12.0. The summed E-state index contributed by atoms with van der Waals surface area (Å²) >= 11 is 0.953. The molecule has 1 atom stereocenters. The highest BCUT2D eigenvalue weighted by molar-refractivity contribution is 7.89. The van der Waals surface area contributed by atoms with Crippen molar-refractivity contribution in [3.05, 3.63) is 53.6 Å². The second-order valence-corrected chi connectivity index (χ2v) is 9.47. The van der Waals surface area contributed by atoms with E-state index in [9.17, 15) is 13.2 Å². The molecule has 7 nitrogen and oxygen atoms in total. The van der Waals surface area contributed by atoms with E-state index in [1.807, 2.05) is 31.2 Å². The molecule has 0 aliphatic carbocycles. The van der Waals surface area contributed by atoms with Crippen molar-refractivity contribution in [2.24, 2.45) is 5.92 Å². The second kappa shape index (κ2) is 8.98. The zero-order chi connectivity index (χ0) is 21.0. The van der Waals surface area contributed by atoms with Gasteiger partial charge in [0.2, 0.25) is 15.9 Å². The van der Waals surface area contributed by atoms with Crippen LogP contribution < -0.4 is 10.0 Å². The molecular weight excluding hydrogens is 408 g/mol. The minimum Gasteiger partial charge on any atom is -0.354 e. The zero-order valence-electron chi connectivity index (χ0n) is 16.5. The van der Waals surface area contributed by atoms with Gasteiger partial charge in [0.15, 0.2) is 0 Å². The molecule has 29 heavy (non-hydrogen) atoms. The van der Waals surface area contributed by atoms with Gasteiger partial charge in [-0.3, -0.25) is 4.79 Å². The smallest absolute Gasteiger partial charge is 0.243 e. The fourth-order valence-electron chi connectivity index (χ4n) is 2.92. The minimum atomic E-state index is -3.93. The maximum absolute atomic E-state index is 12.9. The molecule has 1 aromatic heterocycles. The SMILES string of the molecule is Cc1ccc(CCNC(=O)[C@H](NS(=O)(=O)c2cccc3nsnc23)C(C)C)cc1. The Labute approximate surface area is 174 Å². The van der Waals surface area contributed by atoms with Gasteiger partial charge in [-0.15, -0.1) is 0 Å². The third kappa shape index (κ3) is 5.17. The van der Waals surface area contributed by atoms with Gasteiger partial charge in [0.05, 0.1) is 11.7 Å². The van der Waals surface area contributed by atoms with Crippen LogP contribution in [0.25, 0.3) is 11.0 Å². The molecule has 1 heterocycles. The first-order chi connectivity index (χ1) is 13.8. The highest BCUT2D eigenvalue weighted by atomic mass is 32.2. The van der Waals surface area contributed by atoms with E-state index in [1.54, 1.807) is 26.0 Å². The van der Waals surface area contributed by atoms with Crippen molar-refractivity contribution in [1.29, 1.82) is 0 Å². The predicted molar refractivity (Wildman–Crippen MR) is 114 cm³/mol. The molecule has 0 aliphatic heterocycles. The molecule has 2 aromatic carbocycles. The van der Waals surface area contributed by atoms with Crippen molar-refractivity contribution >= 4 is 38.7 Å². The van der Waals surface area contributed by atoms with Crippen LogP contribution >= 0.6 is 11.7 Å². The fraction of sp³-hybridized carbons (Fsp3) is 0.350. The summed E-state index contributed by atoms with van der Waals surface area (Å²) in [5.74, 6) is -0.573. The molecule has 2 N–H and O–H groups in total. The fourth-order valence-corrected chi connectivity index (χ4v) is 5.03. The topological polar surface area (TPSA) is 101 Å². The third-order valence-corrected chi connectivity index (χ3v) is 6.62. The van der Waals surface area contributed by atoms with Crippen molar-refractivity contribution in [2.75, 3.05) is 6.54 Å². The number of sulfonamides is 1. The van der Waals surface area contributed by atoms with Crippen molar-refractivity contribution in [3.8, 4) is 0 Å². The summed E-state index contributed by atoms with van der Waals surface area (Å²) in [5.41, 5.74) is 3.12. The summed E-state index contributed by atoms with van der Waals surface area (Å²) in [5, 5.41) is 2.84. The van der Waals surface area contributed by atoms with E-state index >= 15 is 0 Å². The molecule has 3 aromatic rings. The molecule has 154 valence electrons. The van der Waals surface area contributed by atoms with Gasteiger partial charge in [0.1, 0.15) is 22.0 Å². The van der Waals surface area contributed by atoms with E-state index < -0.39 is 16.1 Å². The number of nitrogens with zero attached hydrogens (tertiary/aromatic N) is 2. The minimum absolute atomic E-state index is 0.0295. The Bertz CT molecular complexity index is 1090. The largest absolute Gasteiger partial charge is 0.354 e. The van der Waals surface area contributed by atoms with Crippen LogP contribution in [-0.2, 0) is 21.2 Å². The summed E-state index contributed by atoms with van der Waals surface area (Å²) in [6.45, 7) is 6.06. The Kier molecular flexibility index (Phi) is 6.61. The molecule has 3 rings (SSSR count). The van der Waals surface area contributed by atoms with Crippen LogP contribution in [0.15, 0.2) is 47.4 Å². The lowest BCUT2D eigenvalue weighted by Gasteiger charge is -2.21. The van der Waals surface area contributed by atoms with Gasteiger partial charge in [-0.05, 0) is 37.0 Å². The Hall–Kier alpha value is -2.36. The zero-order valence-corrected chi connectivity index (χ0v) is 18.2. The van der Waals surface area contributed by atoms with Gasteiger partial charge in [0, 0.05) is 6.54 Å². The van der Waals surface area contributed by atoms with Gasteiger partial charge in [-0.2, -0.15) is 13.5 Å². The number of rotatable bonds is 8. The Balaban J connectivity index is 1.69. The molecule has 1 amide bonds. The maximum atomic E-state index is 12.9. The molecule has 0 aliphatic rings.